The van der Waals surface area contributed by atoms with Crippen LogP contribution in [0.1, 0.15) is 37.5 Å². The molecule has 1 N–H and O–H groups in total. The van der Waals surface area contributed by atoms with Crippen LogP contribution >= 0.6 is 0 Å². The molecule has 94 valence electrons. The zero-order chi connectivity index (χ0) is 12.1. The first-order valence-electron chi connectivity index (χ1n) is 6.87. The van der Waals surface area contributed by atoms with E-state index in [1.807, 2.05) is 12.3 Å². The normalized spacial score (nSPS) is 31.1. The average molecular weight is 242 g/mol. The minimum Gasteiger partial charge on any atom is -0.311 e. The van der Waals surface area contributed by atoms with Crippen molar-refractivity contribution in [1.29, 1.82) is 0 Å². The molecule has 2 aromatic heterocycles. The van der Waals surface area contributed by atoms with Crippen LogP contribution in [0.25, 0.3) is 11.2 Å². The van der Waals surface area contributed by atoms with Gasteiger partial charge in [-0.25, -0.2) is 9.97 Å². The van der Waals surface area contributed by atoms with E-state index in [1.165, 1.54) is 25.7 Å². The molecule has 0 aliphatic carbocycles. The Hall–Kier alpha value is -1.42. The third-order valence-corrected chi connectivity index (χ3v) is 4.44. The second-order valence-corrected chi connectivity index (χ2v) is 5.64. The number of hydrogen-bond donors (Lipinski definition) is 1. The van der Waals surface area contributed by atoms with Gasteiger partial charge >= 0.3 is 0 Å². The summed E-state index contributed by atoms with van der Waals surface area (Å²) in [6.07, 6.45) is 6.98. The first-order valence-corrected chi connectivity index (χ1v) is 6.87. The fourth-order valence-electron chi connectivity index (χ4n) is 3.72. The third-order valence-electron chi connectivity index (χ3n) is 4.44. The maximum absolute atomic E-state index is 4.64. The van der Waals surface area contributed by atoms with E-state index in [4.69, 9.17) is 0 Å². The lowest BCUT2D eigenvalue weighted by Crippen LogP contribution is -2.39. The molecule has 0 amide bonds. The third kappa shape index (κ3) is 1.48. The van der Waals surface area contributed by atoms with Gasteiger partial charge < -0.3 is 9.88 Å². The predicted molar refractivity (Wildman–Crippen MR) is 70.5 cm³/mol. The second-order valence-electron chi connectivity index (χ2n) is 5.64. The Labute approximate surface area is 106 Å². The Kier molecular flexibility index (Phi) is 2.21. The highest BCUT2D eigenvalue weighted by molar-refractivity contribution is 5.71. The molecule has 2 aliphatic heterocycles. The molecule has 4 heteroatoms. The predicted octanol–water partition coefficient (Wildman–Crippen LogP) is 2.20. The van der Waals surface area contributed by atoms with Crippen LogP contribution in [0.4, 0.5) is 0 Å². The van der Waals surface area contributed by atoms with E-state index in [9.17, 15) is 0 Å². The Morgan fingerprint density at radius 1 is 1.28 bits per heavy atom. The van der Waals surface area contributed by atoms with Crippen LogP contribution in [0.15, 0.2) is 18.3 Å². The van der Waals surface area contributed by atoms with Crippen LogP contribution < -0.4 is 5.32 Å². The first kappa shape index (κ1) is 10.5. The van der Waals surface area contributed by atoms with Crippen molar-refractivity contribution in [2.45, 2.75) is 50.7 Å². The Bertz CT molecular complexity index is 576. The number of nitrogens with one attached hydrogen (secondary N) is 1. The molecule has 2 saturated heterocycles. The largest absolute Gasteiger partial charge is 0.311 e. The smallest absolute Gasteiger partial charge is 0.160 e. The Morgan fingerprint density at radius 3 is 2.83 bits per heavy atom. The number of fused-ring (bicyclic) bond motifs is 3. The van der Waals surface area contributed by atoms with Crippen LogP contribution in [-0.4, -0.2) is 26.6 Å². The van der Waals surface area contributed by atoms with E-state index in [0.717, 1.165) is 17.0 Å². The lowest BCUT2D eigenvalue weighted by molar-refractivity contribution is 0.299. The van der Waals surface area contributed by atoms with E-state index in [2.05, 4.69) is 32.8 Å². The molecule has 4 nitrogen and oxygen atoms in total. The molecule has 2 aromatic rings. The highest BCUT2D eigenvalue weighted by Crippen LogP contribution is 2.35. The van der Waals surface area contributed by atoms with E-state index in [0.29, 0.717) is 18.1 Å². The highest BCUT2D eigenvalue weighted by Gasteiger charge is 2.35. The maximum atomic E-state index is 4.64. The average Bonchev–Trinajstić information content (AvgIpc) is 2.88. The van der Waals surface area contributed by atoms with Gasteiger partial charge in [-0.3, -0.25) is 0 Å². The molecular weight excluding hydrogens is 224 g/mol. The number of aromatic nitrogens is 3. The summed E-state index contributed by atoms with van der Waals surface area (Å²) < 4.78 is 2.36. The van der Waals surface area contributed by atoms with Crippen molar-refractivity contribution >= 4 is 11.2 Å². The van der Waals surface area contributed by atoms with Crippen LogP contribution in [0, 0.1) is 6.92 Å². The summed E-state index contributed by atoms with van der Waals surface area (Å²) in [6, 6.07) is 6.00. The topological polar surface area (TPSA) is 42.7 Å². The van der Waals surface area contributed by atoms with Crippen molar-refractivity contribution in [3.63, 3.8) is 0 Å². The molecule has 0 radical (unpaired) electrons. The molecule has 2 fully saturated rings. The van der Waals surface area contributed by atoms with Crippen LogP contribution in [0.3, 0.4) is 0 Å². The van der Waals surface area contributed by atoms with Gasteiger partial charge in [0.15, 0.2) is 5.65 Å². The van der Waals surface area contributed by atoms with E-state index >= 15 is 0 Å². The van der Waals surface area contributed by atoms with E-state index < -0.39 is 0 Å². The van der Waals surface area contributed by atoms with Crippen molar-refractivity contribution in [2.75, 3.05) is 0 Å². The molecule has 0 saturated carbocycles. The van der Waals surface area contributed by atoms with Crippen molar-refractivity contribution in [3.05, 3.63) is 24.2 Å². The summed E-state index contributed by atoms with van der Waals surface area (Å²) in [5.41, 5.74) is 2.09. The number of piperidine rings is 1. The summed E-state index contributed by atoms with van der Waals surface area (Å²) in [4.78, 5) is 9.17. The monoisotopic (exact) mass is 242 g/mol. The lowest BCUT2D eigenvalue weighted by atomic mass is 9.99. The number of rotatable bonds is 1. The van der Waals surface area contributed by atoms with Gasteiger partial charge in [-0.2, -0.15) is 0 Å². The minimum atomic E-state index is 0.573. The lowest BCUT2D eigenvalue weighted by Gasteiger charge is -2.30. The van der Waals surface area contributed by atoms with Crippen LogP contribution in [0.2, 0.25) is 0 Å². The van der Waals surface area contributed by atoms with Gasteiger partial charge in [0.05, 0.1) is 0 Å². The van der Waals surface area contributed by atoms with Crippen LogP contribution in [-0.2, 0) is 0 Å². The molecule has 1 unspecified atom stereocenters. The fourth-order valence-corrected chi connectivity index (χ4v) is 3.72. The van der Waals surface area contributed by atoms with Gasteiger partial charge in [0, 0.05) is 24.3 Å². The van der Waals surface area contributed by atoms with Gasteiger partial charge in [-0.05, 0) is 44.7 Å². The maximum Gasteiger partial charge on any atom is 0.160 e. The van der Waals surface area contributed by atoms with Gasteiger partial charge in [-0.1, -0.05) is 0 Å². The quantitative estimate of drug-likeness (QED) is 0.833. The van der Waals surface area contributed by atoms with E-state index in [1.54, 1.807) is 0 Å². The molecular formula is C14H18N4. The molecule has 4 heterocycles. The fraction of sp³-hybridized carbons (Fsp3) is 0.571. The molecule has 2 bridgehead atoms. The number of hydrogen-bond acceptors (Lipinski definition) is 3. The molecule has 3 atom stereocenters. The van der Waals surface area contributed by atoms with Crippen molar-refractivity contribution in [3.8, 4) is 0 Å². The zero-order valence-electron chi connectivity index (χ0n) is 10.6. The summed E-state index contributed by atoms with van der Waals surface area (Å²) in [5, 5.41) is 3.70. The Morgan fingerprint density at radius 2 is 2.06 bits per heavy atom. The molecule has 0 spiro atoms. The first-order chi connectivity index (χ1) is 8.81. The highest BCUT2D eigenvalue weighted by atomic mass is 15.2. The molecule has 2 aliphatic rings. The SMILES string of the molecule is Cc1nc2cccnc2n1C1C[C@H]2CC[C@@H](C1)N2. The summed E-state index contributed by atoms with van der Waals surface area (Å²) >= 11 is 0. The van der Waals surface area contributed by atoms with E-state index in [-0.39, 0.29) is 0 Å². The number of nitrogens with zero attached hydrogens (tertiary/aromatic N) is 3. The number of pyridine rings is 1. The van der Waals surface area contributed by atoms with Crippen molar-refractivity contribution in [2.24, 2.45) is 0 Å². The Balaban J connectivity index is 1.80. The van der Waals surface area contributed by atoms with Gasteiger partial charge in [0.25, 0.3) is 0 Å². The summed E-state index contributed by atoms with van der Waals surface area (Å²) in [7, 11) is 0. The standard InChI is InChI=1S/C14H18N4/c1-9-16-13-3-2-6-15-14(13)18(9)12-7-10-4-5-11(8-12)17-10/h2-3,6,10-12,17H,4-5,7-8H2,1H3/t10-,11+,12?. The van der Waals surface area contributed by atoms with Gasteiger partial charge in [0.2, 0.25) is 0 Å². The number of imidazole rings is 1. The van der Waals surface area contributed by atoms with Gasteiger partial charge in [-0.15, -0.1) is 0 Å². The van der Waals surface area contributed by atoms with Crippen molar-refractivity contribution in [1.82, 2.24) is 19.9 Å². The second kappa shape index (κ2) is 3.79. The minimum absolute atomic E-state index is 0.573. The summed E-state index contributed by atoms with van der Waals surface area (Å²) in [5.74, 6) is 1.11. The molecule has 18 heavy (non-hydrogen) atoms. The molecule has 4 rings (SSSR count). The number of aryl methyl sites for hydroxylation is 1. The van der Waals surface area contributed by atoms with Crippen LogP contribution in [0.5, 0.6) is 0 Å². The summed E-state index contributed by atoms with van der Waals surface area (Å²) in [6.45, 7) is 2.10. The molecule has 0 aromatic carbocycles. The zero-order valence-corrected chi connectivity index (χ0v) is 10.6. The van der Waals surface area contributed by atoms with Gasteiger partial charge in [0.1, 0.15) is 11.3 Å². The van der Waals surface area contributed by atoms with Crippen molar-refractivity contribution < 1.29 is 0 Å².